The summed E-state index contributed by atoms with van der Waals surface area (Å²) in [7, 11) is 0. The molecule has 1 aromatic carbocycles. The number of aromatic nitrogens is 1. The number of aliphatic carboxylic acids is 1. The molecule has 10 heteroatoms. The fraction of sp³-hybridized carbons (Fsp3) is 0.368. The second-order valence-corrected chi connectivity index (χ2v) is 9.67. The second-order valence-electron chi connectivity index (χ2n) is 7.49. The quantitative estimate of drug-likeness (QED) is 0.556. The van der Waals surface area contributed by atoms with Gasteiger partial charge in [-0.05, 0) is 26.8 Å². The van der Waals surface area contributed by atoms with Gasteiger partial charge in [0, 0.05) is 10.3 Å². The number of carbonyl (C=O) groups excluding carboxylic acids is 2. The monoisotopic (exact) mass is 439 g/mol. The van der Waals surface area contributed by atoms with Crippen molar-refractivity contribution in [2.45, 2.75) is 43.0 Å². The van der Waals surface area contributed by atoms with Crippen LogP contribution < -0.4 is 5.32 Å². The molecule has 0 radical (unpaired) electrons. The van der Waals surface area contributed by atoms with Gasteiger partial charge < -0.3 is 19.8 Å². The van der Waals surface area contributed by atoms with Crippen molar-refractivity contribution in [3.05, 3.63) is 40.6 Å². The molecule has 2 aliphatic heterocycles. The van der Waals surface area contributed by atoms with Crippen LogP contribution in [0.3, 0.4) is 0 Å². The van der Waals surface area contributed by atoms with E-state index in [-0.39, 0.29) is 11.3 Å². The van der Waals surface area contributed by atoms with Gasteiger partial charge in [-0.25, -0.2) is 4.79 Å². The lowest BCUT2D eigenvalue weighted by molar-refractivity contribution is -0.159. The normalized spacial score (nSPS) is 24.8. The molecular formula is C19H18ClN3O5S. The number of carbonyl (C=O) groups is 3. The number of hydrogen-bond acceptors (Lipinski definition) is 6. The Labute approximate surface area is 175 Å². The maximum absolute atomic E-state index is 13.0. The molecule has 2 N–H and O–H groups in total. The summed E-state index contributed by atoms with van der Waals surface area (Å²) in [4.78, 5) is 38.6. The van der Waals surface area contributed by atoms with Crippen LogP contribution in [0.15, 0.2) is 28.8 Å². The number of fused-ring (bicyclic) bond motifs is 1. The van der Waals surface area contributed by atoms with E-state index in [4.69, 9.17) is 16.1 Å². The fourth-order valence-electron chi connectivity index (χ4n) is 3.84. The molecule has 0 bridgehead atoms. The number of halogens is 1. The molecule has 0 spiro atoms. The average Bonchev–Trinajstić information content (AvgIpc) is 3.15. The minimum Gasteiger partial charge on any atom is -0.480 e. The first-order valence-corrected chi connectivity index (χ1v) is 10.1. The van der Waals surface area contributed by atoms with Crippen LogP contribution in [0.4, 0.5) is 0 Å². The summed E-state index contributed by atoms with van der Waals surface area (Å²) in [5, 5.41) is 16.2. The highest BCUT2D eigenvalue weighted by molar-refractivity contribution is 8.01. The molecule has 0 aliphatic carbocycles. The molecule has 2 amide bonds. The number of benzene rings is 1. The zero-order valence-electron chi connectivity index (χ0n) is 15.8. The minimum absolute atomic E-state index is 0.196. The van der Waals surface area contributed by atoms with Crippen molar-refractivity contribution in [3.63, 3.8) is 0 Å². The number of carboxylic acids is 1. The smallest absolute Gasteiger partial charge is 0.327 e. The first kappa shape index (κ1) is 19.8. The van der Waals surface area contributed by atoms with E-state index in [2.05, 4.69) is 10.5 Å². The van der Waals surface area contributed by atoms with Gasteiger partial charge in [-0.2, -0.15) is 0 Å². The Hall–Kier alpha value is -2.52. The van der Waals surface area contributed by atoms with E-state index in [0.29, 0.717) is 16.3 Å². The van der Waals surface area contributed by atoms with Crippen LogP contribution in [-0.4, -0.2) is 55.2 Å². The molecule has 3 atom stereocenters. The highest BCUT2D eigenvalue weighted by Crippen LogP contribution is 2.50. The Bertz CT molecular complexity index is 1040. The Morgan fingerprint density at radius 3 is 2.69 bits per heavy atom. The van der Waals surface area contributed by atoms with Gasteiger partial charge >= 0.3 is 5.97 Å². The lowest BCUT2D eigenvalue weighted by atomic mass is 9.96. The van der Waals surface area contributed by atoms with E-state index < -0.39 is 40.0 Å². The van der Waals surface area contributed by atoms with Gasteiger partial charge in [0.05, 0.1) is 5.02 Å². The van der Waals surface area contributed by atoms with Crippen molar-refractivity contribution in [2.75, 3.05) is 0 Å². The van der Waals surface area contributed by atoms with Gasteiger partial charge in [-0.3, -0.25) is 9.59 Å². The molecular weight excluding hydrogens is 422 g/mol. The summed E-state index contributed by atoms with van der Waals surface area (Å²) < 4.78 is 4.54. The van der Waals surface area contributed by atoms with E-state index in [1.54, 1.807) is 45.0 Å². The molecule has 2 saturated heterocycles. The molecule has 4 rings (SSSR count). The predicted octanol–water partition coefficient (Wildman–Crippen LogP) is 2.55. The number of carboxylic acid groups (broad SMARTS) is 1. The summed E-state index contributed by atoms with van der Waals surface area (Å²) in [6.45, 7) is 5.16. The highest BCUT2D eigenvalue weighted by atomic mass is 35.5. The highest BCUT2D eigenvalue weighted by Gasteiger charge is 2.64. The summed E-state index contributed by atoms with van der Waals surface area (Å²) >= 11 is 7.59. The van der Waals surface area contributed by atoms with Crippen molar-refractivity contribution in [1.29, 1.82) is 0 Å². The molecule has 0 unspecified atom stereocenters. The summed E-state index contributed by atoms with van der Waals surface area (Å²) in [5.74, 6) is -1.70. The molecule has 2 fully saturated rings. The van der Waals surface area contributed by atoms with Crippen molar-refractivity contribution in [2.24, 2.45) is 0 Å². The Morgan fingerprint density at radius 1 is 1.34 bits per heavy atom. The van der Waals surface area contributed by atoms with Gasteiger partial charge in [0.2, 0.25) is 5.91 Å². The van der Waals surface area contributed by atoms with Gasteiger partial charge in [0.15, 0.2) is 0 Å². The molecule has 29 heavy (non-hydrogen) atoms. The molecule has 3 heterocycles. The predicted molar refractivity (Wildman–Crippen MR) is 107 cm³/mol. The van der Waals surface area contributed by atoms with E-state index in [1.807, 2.05) is 0 Å². The maximum atomic E-state index is 13.0. The number of rotatable bonds is 4. The first-order chi connectivity index (χ1) is 13.6. The molecule has 1 aromatic heterocycles. The number of β-lactam (4-membered cyclic amide) rings is 1. The minimum atomic E-state index is -1.06. The van der Waals surface area contributed by atoms with Gasteiger partial charge in [0.25, 0.3) is 5.91 Å². The van der Waals surface area contributed by atoms with Crippen LogP contribution in [0.1, 0.15) is 30.0 Å². The van der Waals surface area contributed by atoms with E-state index in [9.17, 15) is 19.5 Å². The van der Waals surface area contributed by atoms with Crippen LogP contribution in [0.5, 0.6) is 0 Å². The zero-order valence-corrected chi connectivity index (χ0v) is 17.4. The number of nitrogens with one attached hydrogen (secondary N) is 1. The number of hydrogen-bond donors (Lipinski definition) is 2. The number of amides is 2. The van der Waals surface area contributed by atoms with Gasteiger partial charge in [0.1, 0.15) is 34.5 Å². The van der Waals surface area contributed by atoms with Gasteiger partial charge in [-0.1, -0.05) is 35.0 Å². The van der Waals surface area contributed by atoms with Crippen LogP contribution in [0, 0.1) is 6.92 Å². The summed E-state index contributed by atoms with van der Waals surface area (Å²) in [5.41, 5.74) is 1.03. The third-order valence-electron chi connectivity index (χ3n) is 5.18. The lowest BCUT2D eigenvalue weighted by Crippen LogP contribution is -2.70. The van der Waals surface area contributed by atoms with Crippen LogP contribution in [-0.2, 0) is 9.59 Å². The topological polar surface area (TPSA) is 113 Å². The Morgan fingerprint density at radius 2 is 2.03 bits per heavy atom. The standard InChI is InChI=1S/C19H18ClN3O5S/c1-8-11(12(22-28-8)9-6-4-5-7-10(9)20)15(24)21-13-16(25)23-14(18(26)27)19(2,3)29-17(13)23/h4-7,13-14,17H,1-3H3,(H,21,24)(H,26,27)/t13-,14+,17-/m1/s1/i1+1,8+1,11+1,12+1. The number of nitrogens with zero attached hydrogens (tertiary/aromatic N) is 2. The average molecular weight is 440 g/mol. The maximum Gasteiger partial charge on any atom is 0.327 e. The zero-order chi connectivity index (χ0) is 21.1. The lowest BCUT2D eigenvalue weighted by Gasteiger charge is -2.43. The van der Waals surface area contributed by atoms with Crippen LogP contribution >= 0.6 is 23.4 Å². The Balaban J connectivity index is 1.60. The van der Waals surface area contributed by atoms with Crippen molar-refractivity contribution < 1.29 is 24.0 Å². The third kappa shape index (κ3) is 3.00. The molecule has 2 aromatic rings. The van der Waals surface area contributed by atoms with E-state index >= 15 is 0 Å². The van der Waals surface area contributed by atoms with Crippen LogP contribution in [0.2, 0.25) is 5.02 Å². The van der Waals surface area contributed by atoms with Crippen molar-refractivity contribution in [1.82, 2.24) is 15.4 Å². The second kappa shape index (κ2) is 6.77. The van der Waals surface area contributed by atoms with E-state index in [0.717, 1.165) is 0 Å². The SMILES string of the molecule is CC1(C)S[C@@H]2[C@H](NC(=O)[13c]3[13c](-c4ccccc4Cl)no[13c]3[13CH3])C(=O)N2[C@H]1C(=O)O. The summed E-state index contributed by atoms with van der Waals surface area (Å²) in [6, 6.07) is 5.18. The molecule has 0 saturated carbocycles. The summed E-state index contributed by atoms with van der Waals surface area (Å²) in [6.07, 6.45) is 0. The van der Waals surface area contributed by atoms with Crippen molar-refractivity contribution >= 4 is 41.1 Å². The number of aryl methyl sites for hydroxylation is 1. The molecule has 152 valence electrons. The largest absolute Gasteiger partial charge is 0.480 e. The van der Waals surface area contributed by atoms with Crippen molar-refractivity contribution in [3.8, 4) is 11.3 Å². The Kier molecular flexibility index (Phi) is 4.62. The number of thioether (sulfide) groups is 1. The van der Waals surface area contributed by atoms with E-state index in [1.165, 1.54) is 16.7 Å². The van der Waals surface area contributed by atoms with Crippen LogP contribution in [0.25, 0.3) is 11.3 Å². The fourth-order valence-corrected chi connectivity index (χ4v) is 5.69. The third-order valence-corrected chi connectivity index (χ3v) is 7.08. The molecule has 8 nitrogen and oxygen atoms in total. The first-order valence-electron chi connectivity index (χ1n) is 8.88. The van der Waals surface area contributed by atoms with Gasteiger partial charge in [-0.15, -0.1) is 11.8 Å². The molecule has 2 aliphatic rings.